The molecule has 0 saturated heterocycles. The van der Waals surface area contributed by atoms with E-state index in [1.807, 2.05) is 24.4 Å². The summed E-state index contributed by atoms with van der Waals surface area (Å²) in [6, 6.07) is 7.87. The lowest BCUT2D eigenvalue weighted by molar-refractivity contribution is 0.0414. The molecule has 2 aromatic rings. The number of nitrogens with two attached hydrogens (primary N) is 1. The van der Waals surface area contributed by atoms with Crippen LogP contribution in [-0.2, 0) is 0 Å². The quantitative estimate of drug-likeness (QED) is 0.757. The van der Waals surface area contributed by atoms with E-state index in [1.165, 1.54) is 11.8 Å². The molecule has 0 unspecified atom stereocenters. The van der Waals surface area contributed by atoms with Crippen LogP contribution in [-0.4, -0.2) is 16.2 Å². The van der Waals surface area contributed by atoms with Crippen molar-refractivity contribution in [2.45, 2.75) is 31.4 Å². The van der Waals surface area contributed by atoms with E-state index in [2.05, 4.69) is 11.1 Å². The number of fused-ring (bicyclic) bond motifs is 1. The van der Waals surface area contributed by atoms with Gasteiger partial charge in [0, 0.05) is 11.7 Å². The summed E-state index contributed by atoms with van der Waals surface area (Å²) in [6.45, 7) is 0. The van der Waals surface area contributed by atoms with Crippen LogP contribution in [0.4, 0.5) is 0 Å². The standard InChI is InChI=1S/C14H18N2O/c15-13(14(17)10-2-1-3-10)11-5-4-9-6-7-16-12(9)8-11/h4-8,10,13-14,16-17H,1-3,15H2/t13-,14+/m0/s1. The molecule has 2 atom stereocenters. The molecule has 0 amide bonds. The van der Waals surface area contributed by atoms with Gasteiger partial charge in [-0.1, -0.05) is 18.6 Å². The van der Waals surface area contributed by atoms with Crippen LogP contribution in [0.1, 0.15) is 30.9 Å². The van der Waals surface area contributed by atoms with E-state index in [0.717, 1.165) is 23.9 Å². The fraction of sp³-hybridized carbons (Fsp3) is 0.429. The molecule has 1 aromatic heterocycles. The summed E-state index contributed by atoms with van der Waals surface area (Å²) < 4.78 is 0. The number of H-pyrrole nitrogens is 1. The number of hydrogen-bond acceptors (Lipinski definition) is 2. The van der Waals surface area contributed by atoms with Gasteiger partial charge in [-0.15, -0.1) is 0 Å². The molecule has 90 valence electrons. The number of aromatic amines is 1. The van der Waals surface area contributed by atoms with Gasteiger partial charge < -0.3 is 15.8 Å². The van der Waals surface area contributed by atoms with Crippen molar-refractivity contribution >= 4 is 10.9 Å². The molecule has 1 fully saturated rings. The van der Waals surface area contributed by atoms with Gasteiger partial charge in [0.25, 0.3) is 0 Å². The first-order valence-corrected chi connectivity index (χ1v) is 6.26. The van der Waals surface area contributed by atoms with Crippen LogP contribution in [0.25, 0.3) is 10.9 Å². The lowest BCUT2D eigenvalue weighted by Gasteiger charge is -2.33. The minimum atomic E-state index is -0.406. The topological polar surface area (TPSA) is 62.0 Å². The average molecular weight is 230 g/mol. The molecule has 1 heterocycles. The number of benzene rings is 1. The Balaban J connectivity index is 1.86. The first kappa shape index (κ1) is 10.8. The summed E-state index contributed by atoms with van der Waals surface area (Å²) in [7, 11) is 0. The van der Waals surface area contributed by atoms with E-state index < -0.39 is 6.10 Å². The third-order valence-corrected chi connectivity index (χ3v) is 3.96. The van der Waals surface area contributed by atoms with Crippen molar-refractivity contribution in [3.63, 3.8) is 0 Å². The fourth-order valence-corrected chi connectivity index (χ4v) is 2.54. The molecule has 4 N–H and O–H groups in total. The van der Waals surface area contributed by atoms with E-state index in [-0.39, 0.29) is 6.04 Å². The Morgan fingerprint density at radius 1 is 1.29 bits per heavy atom. The van der Waals surface area contributed by atoms with Crippen LogP contribution in [0, 0.1) is 5.92 Å². The maximum absolute atomic E-state index is 10.2. The second kappa shape index (κ2) is 4.17. The lowest BCUT2D eigenvalue weighted by Crippen LogP contribution is -2.36. The van der Waals surface area contributed by atoms with Gasteiger partial charge in [0.05, 0.1) is 12.1 Å². The zero-order chi connectivity index (χ0) is 11.8. The van der Waals surface area contributed by atoms with E-state index >= 15 is 0 Å². The number of aliphatic hydroxyl groups is 1. The van der Waals surface area contributed by atoms with Crippen molar-refractivity contribution in [2.24, 2.45) is 11.7 Å². The number of rotatable bonds is 3. The largest absolute Gasteiger partial charge is 0.391 e. The third-order valence-electron chi connectivity index (χ3n) is 3.96. The Morgan fingerprint density at radius 3 is 2.82 bits per heavy atom. The molecule has 17 heavy (non-hydrogen) atoms. The number of aromatic nitrogens is 1. The molecule has 0 radical (unpaired) electrons. The summed E-state index contributed by atoms with van der Waals surface area (Å²) in [5.74, 6) is 0.393. The molecular weight excluding hydrogens is 212 g/mol. The van der Waals surface area contributed by atoms with Gasteiger partial charge in [0.15, 0.2) is 0 Å². The molecule has 3 heteroatoms. The highest BCUT2D eigenvalue weighted by Gasteiger charge is 2.30. The molecule has 1 aromatic carbocycles. The van der Waals surface area contributed by atoms with Crippen molar-refractivity contribution in [3.8, 4) is 0 Å². The van der Waals surface area contributed by atoms with E-state index in [4.69, 9.17) is 5.73 Å². The Kier molecular flexibility index (Phi) is 2.65. The van der Waals surface area contributed by atoms with Crippen molar-refractivity contribution in [1.82, 2.24) is 4.98 Å². The molecule has 1 aliphatic rings. The van der Waals surface area contributed by atoms with E-state index in [0.29, 0.717) is 5.92 Å². The predicted molar refractivity (Wildman–Crippen MR) is 68.6 cm³/mol. The maximum Gasteiger partial charge on any atom is 0.0760 e. The number of hydrogen-bond donors (Lipinski definition) is 3. The van der Waals surface area contributed by atoms with Crippen molar-refractivity contribution in [2.75, 3.05) is 0 Å². The SMILES string of the molecule is N[C@@H](c1ccc2cc[nH]c2c1)[C@H](O)C1CCC1. The Hall–Kier alpha value is -1.32. The highest BCUT2D eigenvalue weighted by Crippen LogP contribution is 2.34. The lowest BCUT2D eigenvalue weighted by atomic mass is 9.77. The van der Waals surface area contributed by atoms with Crippen LogP contribution in [0.3, 0.4) is 0 Å². The molecule has 3 nitrogen and oxygen atoms in total. The first-order valence-electron chi connectivity index (χ1n) is 6.26. The van der Waals surface area contributed by atoms with Crippen LogP contribution in [0.2, 0.25) is 0 Å². The van der Waals surface area contributed by atoms with Crippen LogP contribution in [0.15, 0.2) is 30.5 Å². The summed E-state index contributed by atoms with van der Waals surface area (Å²) in [5, 5.41) is 11.4. The molecule has 3 rings (SSSR count). The summed E-state index contributed by atoms with van der Waals surface area (Å²) in [4.78, 5) is 3.17. The van der Waals surface area contributed by atoms with Gasteiger partial charge in [-0.2, -0.15) is 0 Å². The Labute approximate surface area is 101 Å². The molecule has 0 bridgehead atoms. The molecule has 1 aliphatic carbocycles. The molecular formula is C14H18N2O. The third kappa shape index (κ3) is 1.85. The Morgan fingerprint density at radius 2 is 2.12 bits per heavy atom. The van der Waals surface area contributed by atoms with Crippen molar-refractivity contribution in [3.05, 3.63) is 36.0 Å². The highest BCUT2D eigenvalue weighted by atomic mass is 16.3. The Bertz CT molecular complexity index is 516. The molecule has 0 spiro atoms. The maximum atomic E-state index is 10.2. The minimum absolute atomic E-state index is 0.270. The molecule has 1 saturated carbocycles. The zero-order valence-electron chi connectivity index (χ0n) is 9.76. The second-order valence-electron chi connectivity index (χ2n) is 5.03. The van der Waals surface area contributed by atoms with Gasteiger partial charge in [0.1, 0.15) is 0 Å². The van der Waals surface area contributed by atoms with Gasteiger partial charge >= 0.3 is 0 Å². The number of aliphatic hydroxyl groups excluding tert-OH is 1. The van der Waals surface area contributed by atoms with E-state index in [9.17, 15) is 5.11 Å². The van der Waals surface area contributed by atoms with Crippen molar-refractivity contribution in [1.29, 1.82) is 0 Å². The van der Waals surface area contributed by atoms with Crippen LogP contribution in [0.5, 0.6) is 0 Å². The normalized spacial score (nSPS) is 20.1. The van der Waals surface area contributed by atoms with E-state index in [1.54, 1.807) is 0 Å². The predicted octanol–water partition coefficient (Wildman–Crippen LogP) is 2.33. The minimum Gasteiger partial charge on any atom is -0.391 e. The van der Waals surface area contributed by atoms with Crippen LogP contribution >= 0.6 is 0 Å². The summed E-state index contributed by atoms with van der Waals surface area (Å²) in [6.07, 6.45) is 4.96. The zero-order valence-corrected chi connectivity index (χ0v) is 9.76. The summed E-state index contributed by atoms with van der Waals surface area (Å²) in [5.41, 5.74) is 8.24. The van der Waals surface area contributed by atoms with Gasteiger partial charge in [-0.05, 0) is 41.8 Å². The number of nitrogens with one attached hydrogen (secondary N) is 1. The average Bonchev–Trinajstić information content (AvgIpc) is 2.72. The van der Waals surface area contributed by atoms with Gasteiger partial charge in [-0.3, -0.25) is 0 Å². The van der Waals surface area contributed by atoms with Crippen molar-refractivity contribution < 1.29 is 5.11 Å². The first-order chi connectivity index (χ1) is 8.25. The van der Waals surface area contributed by atoms with Gasteiger partial charge in [-0.25, -0.2) is 0 Å². The van der Waals surface area contributed by atoms with Gasteiger partial charge in [0.2, 0.25) is 0 Å². The molecule has 0 aliphatic heterocycles. The fourth-order valence-electron chi connectivity index (χ4n) is 2.54. The van der Waals surface area contributed by atoms with Crippen LogP contribution < -0.4 is 5.73 Å². The highest BCUT2D eigenvalue weighted by molar-refractivity contribution is 5.80. The smallest absolute Gasteiger partial charge is 0.0760 e. The second-order valence-corrected chi connectivity index (χ2v) is 5.03. The monoisotopic (exact) mass is 230 g/mol. The summed E-state index contributed by atoms with van der Waals surface area (Å²) >= 11 is 0.